The lowest BCUT2D eigenvalue weighted by Gasteiger charge is -2.20. The first-order valence-electron chi connectivity index (χ1n) is 8.62. The molecule has 0 atom stereocenters. The van der Waals surface area contributed by atoms with E-state index in [4.69, 9.17) is 23.2 Å². The van der Waals surface area contributed by atoms with E-state index in [-0.39, 0.29) is 17.7 Å². The van der Waals surface area contributed by atoms with E-state index < -0.39 is 0 Å². The summed E-state index contributed by atoms with van der Waals surface area (Å²) in [6.45, 7) is 0.939. The number of carbonyl (C=O) groups excluding carboxylic acids is 2. The van der Waals surface area contributed by atoms with Gasteiger partial charge in [-0.15, -0.1) is 11.8 Å². The molecule has 1 aromatic rings. The molecule has 0 heterocycles. The second kappa shape index (κ2) is 10.9. The minimum absolute atomic E-state index is 0.0398. The van der Waals surface area contributed by atoms with E-state index in [1.807, 2.05) is 6.07 Å². The van der Waals surface area contributed by atoms with Crippen LogP contribution in [-0.2, 0) is 15.3 Å². The summed E-state index contributed by atoms with van der Waals surface area (Å²) in [5, 5.41) is 6.95. The SMILES string of the molecule is O=C(CSCc1ccc(Cl)cc1Cl)NCCNC(=O)C1CCCCC1. The molecule has 1 fully saturated rings. The van der Waals surface area contributed by atoms with E-state index in [9.17, 15) is 9.59 Å². The smallest absolute Gasteiger partial charge is 0.230 e. The maximum atomic E-state index is 12.0. The van der Waals surface area contributed by atoms with Gasteiger partial charge in [-0.1, -0.05) is 48.5 Å². The van der Waals surface area contributed by atoms with Crippen molar-refractivity contribution >= 4 is 46.8 Å². The van der Waals surface area contributed by atoms with E-state index >= 15 is 0 Å². The van der Waals surface area contributed by atoms with Crippen molar-refractivity contribution in [2.45, 2.75) is 37.9 Å². The molecular weight excluding hydrogens is 379 g/mol. The summed E-state index contributed by atoms with van der Waals surface area (Å²) in [6.07, 6.45) is 5.50. The number of carbonyl (C=O) groups is 2. The second-order valence-corrected chi connectivity index (χ2v) is 8.03. The summed E-state index contributed by atoms with van der Waals surface area (Å²) < 4.78 is 0. The summed E-state index contributed by atoms with van der Waals surface area (Å²) in [4.78, 5) is 23.8. The van der Waals surface area contributed by atoms with Crippen LogP contribution in [0.1, 0.15) is 37.7 Å². The van der Waals surface area contributed by atoms with Gasteiger partial charge in [0.05, 0.1) is 5.75 Å². The molecule has 0 aliphatic heterocycles. The van der Waals surface area contributed by atoms with Crippen LogP contribution in [0.3, 0.4) is 0 Å². The van der Waals surface area contributed by atoms with Gasteiger partial charge >= 0.3 is 0 Å². The second-order valence-electron chi connectivity index (χ2n) is 6.20. The first kappa shape index (κ1) is 20.4. The van der Waals surface area contributed by atoms with Crippen molar-refractivity contribution in [1.82, 2.24) is 10.6 Å². The van der Waals surface area contributed by atoms with Crippen molar-refractivity contribution < 1.29 is 9.59 Å². The van der Waals surface area contributed by atoms with Gasteiger partial charge in [-0.05, 0) is 30.5 Å². The Morgan fingerprint density at radius 3 is 2.52 bits per heavy atom. The zero-order valence-electron chi connectivity index (χ0n) is 14.2. The van der Waals surface area contributed by atoms with E-state index in [1.54, 1.807) is 12.1 Å². The fourth-order valence-corrected chi connectivity index (χ4v) is 4.26. The van der Waals surface area contributed by atoms with E-state index in [0.717, 1.165) is 31.2 Å². The number of amides is 2. The molecule has 1 aliphatic rings. The summed E-state index contributed by atoms with van der Waals surface area (Å²) in [5.41, 5.74) is 0.962. The molecule has 0 aromatic heterocycles. The molecule has 1 saturated carbocycles. The minimum atomic E-state index is -0.0398. The highest BCUT2D eigenvalue weighted by Crippen LogP contribution is 2.25. The zero-order valence-corrected chi connectivity index (χ0v) is 16.5. The molecule has 25 heavy (non-hydrogen) atoms. The number of halogens is 2. The van der Waals surface area contributed by atoms with Crippen LogP contribution >= 0.6 is 35.0 Å². The monoisotopic (exact) mass is 402 g/mol. The summed E-state index contributed by atoms with van der Waals surface area (Å²) in [7, 11) is 0. The Kier molecular flexibility index (Phi) is 8.93. The average Bonchev–Trinajstić information content (AvgIpc) is 2.61. The molecule has 0 unspecified atom stereocenters. The highest BCUT2D eigenvalue weighted by atomic mass is 35.5. The molecule has 4 nitrogen and oxygen atoms in total. The standard InChI is InChI=1S/C18H24Cl2N2O2S/c19-15-7-6-14(16(20)10-15)11-25-12-17(23)21-8-9-22-18(24)13-4-2-1-3-5-13/h6-7,10,13H,1-5,8-9,11-12H2,(H,21,23)(H,22,24). The molecule has 138 valence electrons. The van der Waals surface area contributed by atoms with Crippen LogP contribution in [0, 0.1) is 5.92 Å². The van der Waals surface area contributed by atoms with Crippen LogP contribution in [0.2, 0.25) is 10.0 Å². The third-order valence-corrected chi connectivity index (χ3v) is 5.80. The lowest BCUT2D eigenvalue weighted by Crippen LogP contribution is -2.38. The first-order valence-corrected chi connectivity index (χ1v) is 10.5. The maximum absolute atomic E-state index is 12.0. The van der Waals surface area contributed by atoms with Crippen molar-refractivity contribution in [3.05, 3.63) is 33.8 Å². The number of rotatable bonds is 8. The predicted molar refractivity (Wildman–Crippen MR) is 105 cm³/mol. The average molecular weight is 403 g/mol. The van der Waals surface area contributed by atoms with Gasteiger partial charge in [0, 0.05) is 34.8 Å². The highest BCUT2D eigenvalue weighted by Gasteiger charge is 2.20. The van der Waals surface area contributed by atoms with Gasteiger partial charge in [-0.25, -0.2) is 0 Å². The van der Waals surface area contributed by atoms with Crippen LogP contribution in [-0.4, -0.2) is 30.7 Å². The Labute approximate surface area is 163 Å². The largest absolute Gasteiger partial charge is 0.354 e. The van der Waals surface area contributed by atoms with Crippen LogP contribution in [0.4, 0.5) is 0 Å². The Hall–Kier alpha value is -0.910. The molecule has 1 aromatic carbocycles. The minimum Gasteiger partial charge on any atom is -0.354 e. The summed E-state index contributed by atoms with van der Waals surface area (Å²) in [5.74, 6) is 1.25. The van der Waals surface area contributed by atoms with Crippen LogP contribution in [0.5, 0.6) is 0 Å². The third kappa shape index (κ3) is 7.47. The third-order valence-electron chi connectivity index (χ3n) is 4.23. The van der Waals surface area contributed by atoms with Gasteiger partial charge in [0.25, 0.3) is 0 Å². The van der Waals surface area contributed by atoms with Gasteiger partial charge in [-0.3, -0.25) is 9.59 Å². The van der Waals surface area contributed by atoms with Gasteiger partial charge < -0.3 is 10.6 Å². The number of nitrogens with one attached hydrogen (secondary N) is 2. The molecule has 0 bridgehead atoms. The lowest BCUT2D eigenvalue weighted by molar-refractivity contribution is -0.126. The van der Waals surface area contributed by atoms with Crippen LogP contribution in [0.25, 0.3) is 0 Å². The van der Waals surface area contributed by atoms with Gasteiger partial charge in [0.1, 0.15) is 0 Å². The van der Waals surface area contributed by atoms with E-state index in [0.29, 0.717) is 34.6 Å². The van der Waals surface area contributed by atoms with E-state index in [1.165, 1.54) is 18.2 Å². The lowest BCUT2D eigenvalue weighted by atomic mass is 9.89. The van der Waals surface area contributed by atoms with Crippen molar-refractivity contribution in [1.29, 1.82) is 0 Å². The molecule has 0 spiro atoms. The summed E-state index contributed by atoms with van der Waals surface area (Å²) in [6, 6.07) is 5.36. The topological polar surface area (TPSA) is 58.2 Å². The van der Waals surface area contributed by atoms with Gasteiger partial charge in [0.15, 0.2) is 0 Å². The number of hydrogen-bond donors (Lipinski definition) is 2. The Bertz CT molecular complexity index is 592. The molecule has 0 saturated heterocycles. The van der Waals surface area contributed by atoms with Gasteiger partial charge in [-0.2, -0.15) is 0 Å². The van der Waals surface area contributed by atoms with Crippen molar-refractivity contribution in [2.75, 3.05) is 18.8 Å². The quantitative estimate of drug-likeness (QED) is 0.644. The molecule has 2 amide bonds. The maximum Gasteiger partial charge on any atom is 0.230 e. The zero-order chi connectivity index (χ0) is 18.1. The molecule has 2 N–H and O–H groups in total. The fraction of sp³-hybridized carbons (Fsp3) is 0.556. The first-order chi connectivity index (χ1) is 12.1. The van der Waals surface area contributed by atoms with Crippen molar-refractivity contribution in [2.24, 2.45) is 5.92 Å². The van der Waals surface area contributed by atoms with Crippen molar-refractivity contribution in [3.63, 3.8) is 0 Å². The highest BCUT2D eigenvalue weighted by molar-refractivity contribution is 7.99. The van der Waals surface area contributed by atoms with Crippen LogP contribution < -0.4 is 10.6 Å². The Balaban J connectivity index is 1.55. The normalized spacial score (nSPS) is 15.0. The summed E-state index contributed by atoms with van der Waals surface area (Å²) >= 11 is 13.5. The molecule has 1 aliphatic carbocycles. The molecule has 2 rings (SSSR count). The van der Waals surface area contributed by atoms with Gasteiger partial charge in [0.2, 0.25) is 11.8 Å². The molecular formula is C18H24Cl2N2O2S. The molecule has 0 radical (unpaired) electrons. The predicted octanol–water partition coefficient (Wildman–Crippen LogP) is 4.04. The molecule has 7 heteroatoms. The van der Waals surface area contributed by atoms with Crippen molar-refractivity contribution in [3.8, 4) is 0 Å². The van der Waals surface area contributed by atoms with Crippen LogP contribution in [0.15, 0.2) is 18.2 Å². The number of benzene rings is 1. The fourth-order valence-electron chi connectivity index (χ4n) is 2.84. The number of hydrogen-bond acceptors (Lipinski definition) is 3. The number of thioether (sulfide) groups is 1. The Morgan fingerprint density at radius 2 is 1.80 bits per heavy atom. The van der Waals surface area contributed by atoms with E-state index in [2.05, 4.69) is 10.6 Å². The Morgan fingerprint density at radius 1 is 1.08 bits per heavy atom.